The van der Waals surface area contributed by atoms with Gasteiger partial charge in [-0.3, -0.25) is 0 Å². The van der Waals surface area contributed by atoms with Crippen molar-refractivity contribution in [3.63, 3.8) is 0 Å². The predicted molar refractivity (Wildman–Crippen MR) is 68.0 cm³/mol. The molecule has 2 aromatic rings. The van der Waals surface area contributed by atoms with Gasteiger partial charge in [0.15, 0.2) is 0 Å². The quantitative estimate of drug-likeness (QED) is 0.703. The summed E-state index contributed by atoms with van der Waals surface area (Å²) < 4.78 is 0.934. The fraction of sp³-hybridized carbons (Fsp3) is 0.308. The van der Waals surface area contributed by atoms with E-state index in [0.29, 0.717) is 5.92 Å². The first-order valence-corrected chi connectivity index (χ1v) is 5.63. The van der Waals surface area contributed by atoms with E-state index in [9.17, 15) is 0 Å². The van der Waals surface area contributed by atoms with Crippen LogP contribution in [0.3, 0.4) is 0 Å². The number of hydrogen-bond acceptors (Lipinski definition) is 1. The lowest BCUT2D eigenvalue weighted by Crippen LogP contribution is -1.93. The number of aryl methyl sites for hydroxylation is 1. The molecular weight excluding hydrogens is 202 g/mol. The van der Waals surface area contributed by atoms with Crippen LogP contribution in [0.4, 0.5) is 0 Å². The van der Waals surface area contributed by atoms with E-state index >= 15 is 0 Å². The Morgan fingerprint density at radius 3 is 2.67 bits per heavy atom. The molecule has 0 saturated heterocycles. The molecule has 0 atom stereocenters. The van der Waals surface area contributed by atoms with E-state index < -0.39 is 0 Å². The monoisotopic (exact) mass is 217 g/mol. The van der Waals surface area contributed by atoms with Crippen molar-refractivity contribution in [2.24, 2.45) is 0 Å². The third-order valence-electron chi connectivity index (χ3n) is 2.65. The summed E-state index contributed by atoms with van der Waals surface area (Å²) in [5.74, 6) is 0.515. The normalized spacial score (nSPS) is 11.2. The first kappa shape index (κ1) is 10.4. The van der Waals surface area contributed by atoms with Crippen LogP contribution in [0.25, 0.3) is 10.9 Å². The summed E-state index contributed by atoms with van der Waals surface area (Å²) in [4.78, 5) is 3.41. The molecule has 2 heteroatoms. The van der Waals surface area contributed by atoms with Crippen molar-refractivity contribution in [2.45, 2.75) is 26.7 Å². The molecule has 78 valence electrons. The molecule has 0 unspecified atom stereocenters. The molecule has 0 aliphatic heterocycles. The highest BCUT2D eigenvalue weighted by molar-refractivity contribution is 7.71. The number of rotatable bonds is 1. The van der Waals surface area contributed by atoms with E-state index in [-0.39, 0.29) is 0 Å². The Morgan fingerprint density at radius 2 is 2.00 bits per heavy atom. The first-order chi connectivity index (χ1) is 7.09. The Bertz CT molecular complexity index is 552. The molecule has 0 spiro atoms. The van der Waals surface area contributed by atoms with Gasteiger partial charge in [0.2, 0.25) is 0 Å². The summed E-state index contributed by atoms with van der Waals surface area (Å²) in [6.07, 6.45) is 0. The molecule has 0 aliphatic carbocycles. The summed E-state index contributed by atoms with van der Waals surface area (Å²) in [5, 5.41) is 1.15. The third-order valence-corrected chi connectivity index (χ3v) is 2.99. The maximum atomic E-state index is 5.37. The van der Waals surface area contributed by atoms with Crippen LogP contribution in [0.5, 0.6) is 0 Å². The van der Waals surface area contributed by atoms with Crippen molar-refractivity contribution in [3.05, 3.63) is 40.0 Å². The van der Waals surface area contributed by atoms with Crippen molar-refractivity contribution in [1.82, 2.24) is 4.98 Å². The van der Waals surface area contributed by atoms with Gasteiger partial charge >= 0.3 is 0 Å². The highest BCUT2D eigenvalue weighted by atomic mass is 32.1. The van der Waals surface area contributed by atoms with Crippen LogP contribution in [-0.2, 0) is 0 Å². The molecule has 2 rings (SSSR count). The maximum absolute atomic E-state index is 5.37. The van der Waals surface area contributed by atoms with Crippen LogP contribution < -0.4 is 0 Å². The van der Waals surface area contributed by atoms with Gasteiger partial charge in [-0.25, -0.2) is 0 Å². The minimum Gasteiger partial charge on any atom is -0.358 e. The Morgan fingerprint density at radius 1 is 1.27 bits per heavy atom. The Balaban J connectivity index is 2.91. The van der Waals surface area contributed by atoms with Crippen LogP contribution in [0, 0.1) is 11.4 Å². The topological polar surface area (TPSA) is 15.8 Å². The lowest BCUT2D eigenvalue weighted by molar-refractivity contribution is 0.872. The number of pyridine rings is 1. The number of para-hydroxylation sites is 1. The van der Waals surface area contributed by atoms with Crippen LogP contribution in [0.2, 0.25) is 0 Å². The maximum Gasteiger partial charge on any atom is 0.0505 e. The second-order valence-corrected chi connectivity index (χ2v) is 4.68. The van der Waals surface area contributed by atoms with E-state index in [1.54, 1.807) is 0 Å². The van der Waals surface area contributed by atoms with Gasteiger partial charge in [-0.05, 0) is 24.5 Å². The van der Waals surface area contributed by atoms with Crippen LogP contribution in [0.15, 0.2) is 24.3 Å². The summed E-state index contributed by atoms with van der Waals surface area (Å²) in [7, 11) is 0. The average Bonchev–Trinajstić information content (AvgIpc) is 2.16. The lowest BCUT2D eigenvalue weighted by atomic mass is 9.99. The summed E-state index contributed by atoms with van der Waals surface area (Å²) in [6, 6.07) is 8.34. The SMILES string of the molecule is Cc1cc(=S)c2cccc(C(C)C)c2[nH]1. The molecule has 1 heterocycles. The van der Waals surface area contributed by atoms with Gasteiger partial charge in [-0.2, -0.15) is 0 Å². The average molecular weight is 217 g/mol. The van der Waals surface area contributed by atoms with E-state index in [1.165, 1.54) is 11.1 Å². The van der Waals surface area contributed by atoms with Gasteiger partial charge in [0.05, 0.1) is 5.52 Å². The Kier molecular flexibility index (Phi) is 2.61. The molecule has 1 aromatic heterocycles. The Labute approximate surface area is 95.2 Å². The van der Waals surface area contributed by atoms with Crippen LogP contribution >= 0.6 is 12.2 Å². The third kappa shape index (κ3) is 1.82. The zero-order valence-corrected chi connectivity index (χ0v) is 10.1. The standard InChI is InChI=1S/C13H15NS/c1-8(2)10-5-4-6-11-12(15)7-9(3)14-13(10)11/h4-8H,1-3H3,(H,14,15). The van der Waals surface area contributed by atoms with Crippen molar-refractivity contribution >= 4 is 23.1 Å². The fourth-order valence-electron chi connectivity index (χ4n) is 1.90. The van der Waals surface area contributed by atoms with Crippen molar-refractivity contribution in [3.8, 4) is 0 Å². The molecule has 0 fully saturated rings. The van der Waals surface area contributed by atoms with Crippen molar-refractivity contribution in [2.75, 3.05) is 0 Å². The second-order valence-electron chi connectivity index (χ2n) is 4.24. The number of aromatic amines is 1. The summed E-state index contributed by atoms with van der Waals surface area (Å²) in [6.45, 7) is 6.45. The smallest absolute Gasteiger partial charge is 0.0505 e. The summed E-state index contributed by atoms with van der Waals surface area (Å²) >= 11 is 5.37. The van der Waals surface area contributed by atoms with Gasteiger partial charge in [-0.1, -0.05) is 44.3 Å². The van der Waals surface area contributed by atoms with E-state index in [2.05, 4.69) is 37.0 Å². The molecule has 0 radical (unpaired) electrons. The number of benzene rings is 1. The zero-order chi connectivity index (χ0) is 11.0. The van der Waals surface area contributed by atoms with Crippen molar-refractivity contribution < 1.29 is 0 Å². The van der Waals surface area contributed by atoms with Gasteiger partial charge < -0.3 is 4.98 Å². The Hall–Kier alpha value is -1.15. The van der Waals surface area contributed by atoms with Gasteiger partial charge in [0.1, 0.15) is 0 Å². The highest BCUT2D eigenvalue weighted by Crippen LogP contribution is 2.24. The molecule has 0 saturated carbocycles. The number of H-pyrrole nitrogens is 1. The van der Waals surface area contributed by atoms with Gasteiger partial charge in [0.25, 0.3) is 0 Å². The number of aromatic nitrogens is 1. The molecule has 0 aliphatic rings. The van der Waals surface area contributed by atoms with Gasteiger partial charge in [0, 0.05) is 15.6 Å². The number of nitrogens with one attached hydrogen (secondary N) is 1. The minimum absolute atomic E-state index is 0.515. The molecule has 1 N–H and O–H groups in total. The van der Waals surface area contributed by atoms with Crippen LogP contribution in [0.1, 0.15) is 31.0 Å². The molecule has 1 aromatic carbocycles. The lowest BCUT2D eigenvalue weighted by Gasteiger charge is -2.10. The predicted octanol–water partition coefficient (Wildman–Crippen LogP) is 4.33. The minimum atomic E-state index is 0.515. The van der Waals surface area contributed by atoms with Crippen LogP contribution in [-0.4, -0.2) is 4.98 Å². The fourth-order valence-corrected chi connectivity index (χ4v) is 2.25. The van der Waals surface area contributed by atoms with E-state index in [4.69, 9.17) is 12.2 Å². The number of hydrogen-bond donors (Lipinski definition) is 1. The second kappa shape index (κ2) is 3.78. The van der Waals surface area contributed by atoms with Crippen molar-refractivity contribution in [1.29, 1.82) is 0 Å². The zero-order valence-electron chi connectivity index (χ0n) is 9.29. The highest BCUT2D eigenvalue weighted by Gasteiger charge is 2.06. The first-order valence-electron chi connectivity index (χ1n) is 5.22. The molecule has 1 nitrogen and oxygen atoms in total. The van der Waals surface area contributed by atoms with E-state index in [0.717, 1.165) is 15.6 Å². The molecule has 0 amide bonds. The molecule has 15 heavy (non-hydrogen) atoms. The summed E-state index contributed by atoms with van der Waals surface area (Å²) in [5.41, 5.74) is 3.65. The van der Waals surface area contributed by atoms with Gasteiger partial charge in [-0.15, -0.1) is 0 Å². The number of fused-ring (bicyclic) bond motifs is 1. The largest absolute Gasteiger partial charge is 0.358 e. The molecule has 0 bridgehead atoms. The molecular formula is C13H15NS. The van der Waals surface area contributed by atoms with E-state index in [1.807, 2.05) is 13.0 Å².